The number of aliphatic hydroxyl groups is 2. The van der Waals surface area contributed by atoms with E-state index in [1.165, 1.54) is 35.1 Å². The van der Waals surface area contributed by atoms with Gasteiger partial charge in [0.05, 0.1) is 54.9 Å². The van der Waals surface area contributed by atoms with Gasteiger partial charge in [-0.1, -0.05) is 66.8 Å². The summed E-state index contributed by atoms with van der Waals surface area (Å²) in [5.74, 6) is -0.0252. The molecule has 0 aliphatic carbocycles. The average Bonchev–Trinajstić information content (AvgIpc) is 3.87. The maximum Gasteiger partial charge on any atom is 0.416 e. The molecule has 0 fully saturated rings. The van der Waals surface area contributed by atoms with Gasteiger partial charge in [-0.25, -0.2) is 19.4 Å². The molecule has 0 radical (unpaired) electrons. The number of amides is 4. The molecule has 4 amide bonds. The molecule has 4 heterocycles. The summed E-state index contributed by atoms with van der Waals surface area (Å²) in [6.07, 6.45) is 8.54. The van der Waals surface area contributed by atoms with Crippen LogP contribution in [0.25, 0.3) is 0 Å². The van der Waals surface area contributed by atoms with Crippen LogP contribution in [0.15, 0.2) is 109 Å². The number of carbonyl (C=O) groups is 4. The fraction of sp³-hybridized carbons (Fsp3) is 0.333. The molecule has 2 N–H and O–H groups in total. The van der Waals surface area contributed by atoms with Crippen molar-refractivity contribution in [3.63, 3.8) is 0 Å². The van der Waals surface area contributed by atoms with Crippen LogP contribution in [0, 0.1) is 13.8 Å². The summed E-state index contributed by atoms with van der Waals surface area (Å²) >= 11 is 0. The number of ether oxygens (including phenoxy) is 5. The van der Waals surface area contributed by atoms with Gasteiger partial charge in [0, 0.05) is 31.0 Å². The molecular weight excluding hydrogens is 809 g/mol. The first-order valence-electron chi connectivity index (χ1n) is 20.8. The van der Waals surface area contributed by atoms with E-state index in [1.807, 2.05) is 69.3 Å². The van der Waals surface area contributed by atoms with E-state index in [2.05, 4.69) is 6.58 Å². The van der Waals surface area contributed by atoms with Crippen LogP contribution in [0.3, 0.4) is 0 Å². The van der Waals surface area contributed by atoms with Gasteiger partial charge in [-0.15, -0.1) is 0 Å². The Labute approximate surface area is 366 Å². The minimum absolute atomic E-state index is 0.0619. The first kappa shape index (κ1) is 44.2. The van der Waals surface area contributed by atoms with Crippen molar-refractivity contribution in [2.75, 3.05) is 36.7 Å². The Kier molecular flexibility index (Phi) is 13.4. The smallest absolute Gasteiger partial charge is 0.416 e. The number of aliphatic hydroxyl groups excluding tert-OH is 2. The van der Waals surface area contributed by atoms with E-state index < -0.39 is 42.6 Å². The van der Waals surface area contributed by atoms with Gasteiger partial charge in [0.1, 0.15) is 19.0 Å². The van der Waals surface area contributed by atoms with Crippen molar-refractivity contribution in [2.24, 2.45) is 0 Å². The molecule has 63 heavy (non-hydrogen) atoms. The zero-order valence-corrected chi connectivity index (χ0v) is 36.0. The summed E-state index contributed by atoms with van der Waals surface area (Å²) in [6.45, 7) is 11.1. The summed E-state index contributed by atoms with van der Waals surface area (Å²) in [6, 6.07) is 12.1. The van der Waals surface area contributed by atoms with E-state index in [-0.39, 0.29) is 66.3 Å². The highest BCUT2D eigenvalue weighted by atomic mass is 16.6. The van der Waals surface area contributed by atoms with Crippen LogP contribution in [0.5, 0.6) is 17.2 Å². The summed E-state index contributed by atoms with van der Waals surface area (Å²) in [5.41, 5.74) is 4.59. The minimum Gasteiger partial charge on any atom is -0.493 e. The van der Waals surface area contributed by atoms with E-state index in [4.69, 9.17) is 23.7 Å². The molecule has 3 aromatic carbocycles. The van der Waals surface area contributed by atoms with Crippen molar-refractivity contribution in [1.82, 2.24) is 9.80 Å². The Morgan fingerprint density at radius 3 is 1.81 bits per heavy atom. The first-order chi connectivity index (χ1) is 30.4. The number of carbonyl (C=O) groups excluding carboxylic acids is 4. The predicted octanol–water partition coefficient (Wildman–Crippen LogP) is 7.45. The van der Waals surface area contributed by atoms with Crippen LogP contribution in [0.1, 0.15) is 70.5 Å². The lowest BCUT2D eigenvalue weighted by Gasteiger charge is -2.31. The van der Waals surface area contributed by atoms with Crippen molar-refractivity contribution in [2.45, 2.75) is 78.1 Å². The molecule has 0 bridgehead atoms. The molecule has 4 aliphatic heterocycles. The molecule has 0 saturated carbocycles. The van der Waals surface area contributed by atoms with Crippen LogP contribution in [-0.4, -0.2) is 95.5 Å². The van der Waals surface area contributed by atoms with Gasteiger partial charge in [0.25, 0.3) is 11.8 Å². The Bertz CT molecular complexity index is 2400. The monoisotopic (exact) mass is 860 g/mol. The maximum atomic E-state index is 14.2. The van der Waals surface area contributed by atoms with Crippen LogP contribution in [0.4, 0.5) is 21.0 Å². The second kappa shape index (κ2) is 19.1. The van der Waals surface area contributed by atoms with Crippen LogP contribution in [0.2, 0.25) is 0 Å². The quantitative estimate of drug-likeness (QED) is 0.129. The van der Waals surface area contributed by atoms with Gasteiger partial charge in [-0.3, -0.25) is 9.59 Å². The molecular formula is C48H52N4O11. The van der Waals surface area contributed by atoms with Crippen LogP contribution < -0.4 is 24.0 Å². The number of fused-ring (bicyclic) bond motifs is 4. The van der Waals surface area contributed by atoms with E-state index in [1.54, 1.807) is 31.5 Å². The second-order valence-corrected chi connectivity index (χ2v) is 15.6. The fourth-order valence-corrected chi connectivity index (χ4v) is 8.14. The van der Waals surface area contributed by atoms with E-state index >= 15 is 0 Å². The van der Waals surface area contributed by atoms with Crippen molar-refractivity contribution in [3.05, 3.63) is 137 Å². The van der Waals surface area contributed by atoms with Gasteiger partial charge in [0.2, 0.25) is 0 Å². The van der Waals surface area contributed by atoms with E-state index in [9.17, 15) is 29.4 Å². The normalized spacial score (nSPS) is 20.4. The number of benzene rings is 3. The standard InChI is InChI=1S/C48H52N4O11/c1-7-11-32-21-38-45(55)51(47(57)62-17-9-3)36-24-40(30(5)20-34(36)43(53)49(38)26-32)60-18-10-19-61-42-25-37-35(23-41(42)59-6)44(54)50-27-33(12-8-2)22-39(50)46(56)52(37)48(58)63-28-31-15-13-29(4)14-16-31/h7-9,11-16,20,23-27,38-39,45-46,55-56H,3,10,17-19,21-22,28H2,1-2,4-6H3/b11-7+,12-8+/t38-,39-,45-,46-/m0/s1. The van der Waals surface area contributed by atoms with Crippen molar-refractivity contribution in [3.8, 4) is 17.2 Å². The third kappa shape index (κ3) is 8.92. The number of methoxy groups -OCH3 is 1. The Hall–Kier alpha value is -6.84. The Morgan fingerprint density at radius 1 is 0.746 bits per heavy atom. The average molecular weight is 861 g/mol. The van der Waals surface area contributed by atoms with Crippen molar-refractivity contribution in [1.29, 1.82) is 0 Å². The highest BCUT2D eigenvalue weighted by molar-refractivity contribution is 6.07. The summed E-state index contributed by atoms with van der Waals surface area (Å²) in [4.78, 5) is 60.6. The molecule has 330 valence electrons. The molecule has 0 spiro atoms. The van der Waals surface area contributed by atoms with Gasteiger partial charge in [0.15, 0.2) is 24.0 Å². The lowest BCUT2D eigenvalue weighted by molar-refractivity contribution is 0.0545. The van der Waals surface area contributed by atoms with E-state index in [0.29, 0.717) is 30.6 Å². The minimum atomic E-state index is -1.47. The predicted molar refractivity (Wildman–Crippen MR) is 235 cm³/mol. The number of allylic oxidation sites excluding steroid dienone is 4. The van der Waals surface area contributed by atoms with Crippen LogP contribution >= 0.6 is 0 Å². The number of aryl methyl sites for hydroxylation is 2. The number of rotatable bonds is 13. The molecule has 4 aliphatic rings. The topological polar surface area (TPSA) is 168 Å². The first-order valence-corrected chi connectivity index (χ1v) is 20.8. The highest BCUT2D eigenvalue weighted by Gasteiger charge is 2.47. The second-order valence-electron chi connectivity index (χ2n) is 15.6. The molecule has 3 aromatic rings. The number of nitrogens with zero attached hydrogens (tertiary/aromatic N) is 4. The van der Waals surface area contributed by atoms with Gasteiger partial charge >= 0.3 is 12.2 Å². The molecule has 0 saturated heterocycles. The molecule has 15 nitrogen and oxygen atoms in total. The summed E-state index contributed by atoms with van der Waals surface area (Å²) in [7, 11) is 1.44. The zero-order valence-electron chi connectivity index (χ0n) is 36.0. The van der Waals surface area contributed by atoms with Crippen LogP contribution in [-0.2, 0) is 16.1 Å². The Balaban J connectivity index is 1.11. The molecule has 0 unspecified atom stereocenters. The van der Waals surface area contributed by atoms with Gasteiger partial charge in [-0.2, -0.15) is 0 Å². The van der Waals surface area contributed by atoms with E-state index in [0.717, 1.165) is 32.1 Å². The largest absolute Gasteiger partial charge is 0.493 e. The molecule has 4 atom stereocenters. The number of anilines is 2. The lowest BCUT2D eigenvalue weighted by Crippen LogP contribution is -2.50. The van der Waals surface area contributed by atoms with Gasteiger partial charge < -0.3 is 43.7 Å². The molecule has 15 heteroatoms. The Morgan fingerprint density at radius 2 is 1.27 bits per heavy atom. The number of hydrogen-bond donors (Lipinski definition) is 2. The third-order valence-electron chi connectivity index (χ3n) is 11.2. The maximum absolute atomic E-state index is 14.2. The fourth-order valence-electron chi connectivity index (χ4n) is 8.14. The van der Waals surface area contributed by atoms with Crippen molar-refractivity contribution < 1.29 is 53.1 Å². The molecule has 0 aromatic heterocycles. The molecule has 7 rings (SSSR count). The van der Waals surface area contributed by atoms with Crippen molar-refractivity contribution >= 4 is 35.4 Å². The summed E-state index contributed by atoms with van der Waals surface area (Å²) < 4.78 is 29.2. The lowest BCUT2D eigenvalue weighted by atomic mass is 10.1. The SMILES string of the molecule is C=CCOC(=O)N1c2cc(OCCCOc3cc4c(cc3OC)C(=O)N3C=C(/C=C/C)C[C@H]3[C@H](O)N4C(=O)OCc3ccc(C)cc3)c(C)cc2C(=O)N2C=C(/C=C/C)C[C@H]2[C@@H]1O. The summed E-state index contributed by atoms with van der Waals surface area (Å²) in [5, 5.41) is 23.5. The number of hydrogen-bond acceptors (Lipinski definition) is 11. The highest BCUT2D eigenvalue weighted by Crippen LogP contribution is 2.43. The zero-order chi connectivity index (χ0) is 44.9. The van der Waals surface area contributed by atoms with Gasteiger partial charge in [-0.05, 0) is 74.9 Å². The third-order valence-corrected chi connectivity index (χ3v) is 11.2.